The number of carbonyl (C=O) groups is 2. The minimum atomic E-state index is -1.37. The molecule has 3 N–H and O–H groups in total. The third-order valence-corrected chi connectivity index (χ3v) is 6.55. The molecule has 2 rings (SSSR count). The van der Waals surface area contributed by atoms with Gasteiger partial charge in [0.05, 0.1) is 6.10 Å². The van der Waals surface area contributed by atoms with Crippen LogP contribution in [-0.2, 0) is 19.1 Å². The highest BCUT2D eigenvalue weighted by Gasteiger charge is 2.32. The number of rotatable bonds is 9. The minimum Gasteiger partial charge on any atom is -0.459 e. The Kier molecular flexibility index (Phi) is 11.1. The molecule has 0 aromatic carbocycles. The van der Waals surface area contributed by atoms with Gasteiger partial charge in [-0.2, -0.15) is 0 Å². The first-order valence-electron chi connectivity index (χ1n) is 12.4. The van der Waals surface area contributed by atoms with E-state index in [1.807, 2.05) is 25.2 Å². The van der Waals surface area contributed by atoms with E-state index in [1.165, 1.54) is 30.4 Å². The lowest BCUT2D eigenvalue weighted by atomic mass is 9.72. The molecule has 0 heterocycles. The molecule has 3 atom stereocenters. The summed E-state index contributed by atoms with van der Waals surface area (Å²) >= 11 is 0. The van der Waals surface area contributed by atoms with Gasteiger partial charge in [0.2, 0.25) is 0 Å². The van der Waals surface area contributed by atoms with Gasteiger partial charge in [-0.05, 0) is 63.2 Å². The summed E-state index contributed by atoms with van der Waals surface area (Å²) in [6, 6.07) is 0. The molecular formula is C29H40O7. The summed E-state index contributed by atoms with van der Waals surface area (Å²) in [4.78, 5) is 23.8. The minimum absolute atomic E-state index is 0.00137. The van der Waals surface area contributed by atoms with Crippen LogP contribution in [0.1, 0.15) is 60.3 Å². The van der Waals surface area contributed by atoms with Gasteiger partial charge in [-0.25, -0.2) is 9.59 Å². The second-order valence-corrected chi connectivity index (χ2v) is 10.2. The van der Waals surface area contributed by atoms with Gasteiger partial charge >= 0.3 is 11.9 Å². The van der Waals surface area contributed by atoms with Crippen molar-refractivity contribution in [3.05, 3.63) is 70.4 Å². The Balaban J connectivity index is 1.77. The van der Waals surface area contributed by atoms with Crippen molar-refractivity contribution in [2.75, 3.05) is 13.2 Å². The molecule has 7 heteroatoms. The highest BCUT2D eigenvalue weighted by Crippen LogP contribution is 2.40. The first kappa shape index (κ1) is 29.5. The van der Waals surface area contributed by atoms with Crippen molar-refractivity contribution in [3.63, 3.8) is 0 Å². The molecule has 0 fully saturated rings. The van der Waals surface area contributed by atoms with Gasteiger partial charge in [-0.15, -0.1) is 0 Å². The van der Waals surface area contributed by atoms with Crippen LogP contribution in [0, 0.1) is 5.41 Å². The Bertz CT molecular complexity index is 991. The van der Waals surface area contributed by atoms with Gasteiger partial charge in [-0.1, -0.05) is 60.9 Å². The number of carbonyl (C=O) groups excluding carboxylic acids is 2. The van der Waals surface area contributed by atoms with E-state index in [0.29, 0.717) is 0 Å². The molecule has 2 aliphatic rings. The molecule has 0 aromatic rings. The van der Waals surface area contributed by atoms with Crippen LogP contribution in [0.2, 0.25) is 0 Å². The van der Waals surface area contributed by atoms with Crippen LogP contribution < -0.4 is 0 Å². The second-order valence-electron chi connectivity index (χ2n) is 10.2. The molecule has 0 saturated carbocycles. The molecule has 0 bridgehead atoms. The van der Waals surface area contributed by atoms with Gasteiger partial charge in [-0.3, -0.25) is 0 Å². The summed E-state index contributed by atoms with van der Waals surface area (Å²) in [6.07, 6.45) is 12.6. The highest BCUT2D eigenvalue weighted by molar-refractivity contribution is 5.90. The Morgan fingerprint density at radius 3 is 2.50 bits per heavy atom. The van der Waals surface area contributed by atoms with Gasteiger partial charge in [0.15, 0.2) is 6.61 Å². The molecule has 0 radical (unpaired) electrons. The van der Waals surface area contributed by atoms with E-state index in [2.05, 4.69) is 39.8 Å². The van der Waals surface area contributed by atoms with E-state index in [4.69, 9.17) is 9.47 Å². The number of allylic oxidation sites excluding steroid dienone is 9. The smallest absolute Gasteiger partial charge is 0.344 e. The number of esters is 2. The van der Waals surface area contributed by atoms with E-state index >= 15 is 0 Å². The lowest BCUT2D eigenvalue weighted by Gasteiger charge is -2.32. The normalized spacial score (nSPS) is 25.3. The van der Waals surface area contributed by atoms with E-state index in [9.17, 15) is 24.9 Å². The van der Waals surface area contributed by atoms with Crippen molar-refractivity contribution in [2.24, 2.45) is 5.41 Å². The Labute approximate surface area is 214 Å². The number of hydrogen-bond donors (Lipinski definition) is 3. The molecule has 3 unspecified atom stereocenters. The fourth-order valence-corrected chi connectivity index (χ4v) is 4.32. The summed E-state index contributed by atoms with van der Waals surface area (Å²) in [6.45, 7) is 10.2. The molecule has 7 nitrogen and oxygen atoms in total. The molecule has 2 aliphatic carbocycles. The maximum atomic E-state index is 12.0. The van der Waals surface area contributed by atoms with Crippen LogP contribution in [0.3, 0.4) is 0 Å². The lowest BCUT2D eigenvalue weighted by Crippen LogP contribution is -2.41. The third kappa shape index (κ3) is 9.04. The van der Waals surface area contributed by atoms with E-state index in [1.54, 1.807) is 6.08 Å². The summed E-state index contributed by atoms with van der Waals surface area (Å²) in [5, 5.41) is 28.7. The van der Waals surface area contributed by atoms with Crippen molar-refractivity contribution in [1.82, 2.24) is 0 Å². The predicted molar refractivity (Wildman–Crippen MR) is 139 cm³/mol. The third-order valence-electron chi connectivity index (χ3n) is 6.55. The zero-order valence-corrected chi connectivity index (χ0v) is 22.0. The molecule has 0 aromatic heterocycles. The van der Waals surface area contributed by atoms with Gasteiger partial charge in [0.1, 0.15) is 18.8 Å². The van der Waals surface area contributed by atoms with Crippen molar-refractivity contribution in [3.8, 4) is 0 Å². The fraction of sp³-hybridized carbons (Fsp3) is 0.517. The largest absolute Gasteiger partial charge is 0.459 e. The second kappa shape index (κ2) is 13.5. The molecular weight excluding hydrogens is 460 g/mol. The maximum absolute atomic E-state index is 12.0. The van der Waals surface area contributed by atoms with Crippen LogP contribution in [0.15, 0.2) is 70.4 Å². The first-order chi connectivity index (χ1) is 16.9. The van der Waals surface area contributed by atoms with Crippen LogP contribution in [0.5, 0.6) is 0 Å². The maximum Gasteiger partial charge on any atom is 0.344 e. The summed E-state index contributed by atoms with van der Waals surface area (Å²) in [5.74, 6) is -1.56. The molecule has 36 heavy (non-hydrogen) atoms. The first-order valence-corrected chi connectivity index (χ1v) is 12.4. The summed E-state index contributed by atoms with van der Waals surface area (Å²) in [5.41, 5.74) is 5.16. The molecule has 198 valence electrons. The number of ether oxygens (including phenoxy) is 2. The van der Waals surface area contributed by atoms with Crippen molar-refractivity contribution >= 4 is 11.9 Å². The van der Waals surface area contributed by atoms with Gasteiger partial charge in [0.25, 0.3) is 0 Å². The molecule has 0 amide bonds. The number of hydrogen-bond acceptors (Lipinski definition) is 7. The fourth-order valence-electron chi connectivity index (χ4n) is 4.32. The zero-order chi connectivity index (χ0) is 26.9. The van der Waals surface area contributed by atoms with E-state index < -0.39 is 36.9 Å². The van der Waals surface area contributed by atoms with Crippen molar-refractivity contribution in [1.29, 1.82) is 0 Å². The quantitative estimate of drug-likeness (QED) is 0.324. The topological polar surface area (TPSA) is 113 Å². The number of aliphatic hydroxyl groups is 3. The SMILES string of the molecule is CC(C=CC1=C(C)CCCC1(C)C)=CC=CC(C)=CCOC(=O)COC(=O)C1=CC(O)C(O)C(O)C1. The summed E-state index contributed by atoms with van der Waals surface area (Å²) in [7, 11) is 0. The van der Waals surface area contributed by atoms with Crippen molar-refractivity contribution < 1.29 is 34.4 Å². The Morgan fingerprint density at radius 2 is 1.83 bits per heavy atom. The standard InChI is InChI=1S/C29H40O7/c1-19(11-12-23-21(3)10-7-14-29(23,4)5)8-6-9-20(2)13-15-35-26(32)18-36-28(34)22-16-24(30)27(33)25(31)17-22/h6,8-9,11-13,16,24-25,27,30-31,33H,7,10,14-15,17-18H2,1-5H3. The highest BCUT2D eigenvalue weighted by atomic mass is 16.6. The molecule has 0 saturated heterocycles. The average Bonchev–Trinajstić information content (AvgIpc) is 2.79. The predicted octanol–water partition coefficient (Wildman–Crippen LogP) is 4.02. The number of aliphatic hydroxyl groups excluding tert-OH is 3. The lowest BCUT2D eigenvalue weighted by molar-refractivity contribution is -0.156. The van der Waals surface area contributed by atoms with Crippen LogP contribution in [-0.4, -0.2) is 58.8 Å². The van der Waals surface area contributed by atoms with Crippen LogP contribution in [0.4, 0.5) is 0 Å². The summed E-state index contributed by atoms with van der Waals surface area (Å²) < 4.78 is 9.93. The van der Waals surface area contributed by atoms with Crippen LogP contribution in [0.25, 0.3) is 0 Å². The van der Waals surface area contributed by atoms with Crippen LogP contribution >= 0.6 is 0 Å². The van der Waals surface area contributed by atoms with Gasteiger partial charge in [0, 0.05) is 12.0 Å². The zero-order valence-electron chi connectivity index (χ0n) is 22.0. The van der Waals surface area contributed by atoms with E-state index in [-0.39, 0.29) is 24.0 Å². The Hall–Kier alpha value is -2.74. The average molecular weight is 501 g/mol. The van der Waals surface area contributed by atoms with Crippen molar-refractivity contribution in [2.45, 2.75) is 78.6 Å². The van der Waals surface area contributed by atoms with E-state index in [0.717, 1.165) is 17.2 Å². The molecule has 0 aliphatic heterocycles. The Morgan fingerprint density at radius 1 is 1.11 bits per heavy atom. The monoisotopic (exact) mass is 500 g/mol. The van der Waals surface area contributed by atoms with Gasteiger partial charge < -0.3 is 24.8 Å². The molecule has 0 spiro atoms.